The average molecular weight is 277 g/mol. The Kier molecular flexibility index (Phi) is 6.02. The molecule has 0 heterocycles. The second-order valence-electron chi connectivity index (χ2n) is 6.19. The second kappa shape index (κ2) is 7.77. The summed E-state index contributed by atoms with van der Waals surface area (Å²) in [4.78, 5) is 2.27. The monoisotopic (exact) mass is 277 g/mol. The van der Waals surface area contributed by atoms with E-state index in [-0.39, 0.29) is 12.7 Å². The van der Waals surface area contributed by atoms with Gasteiger partial charge in [-0.25, -0.2) is 0 Å². The molecule has 0 amide bonds. The van der Waals surface area contributed by atoms with E-state index in [0.29, 0.717) is 18.4 Å². The molecule has 1 fully saturated rings. The third-order valence-electron chi connectivity index (χ3n) is 4.36. The maximum atomic E-state index is 10.2. The van der Waals surface area contributed by atoms with Gasteiger partial charge in [0.15, 0.2) is 0 Å². The zero-order valence-electron chi connectivity index (χ0n) is 12.4. The van der Waals surface area contributed by atoms with Gasteiger partial charge in [-0.2, -0.15) is 0 Å². The molecule has 3 heteroatoms. The van der Waals surface area contributed by atoms with Crippen LogP contribution in [0.15, 0.2) is 30.3 Å². The Morgan fingerprint density at radius 2 is 1.95 bits per heavy atom. The molecule has 1 saturated carbocycles. The SMILES string of the molecule is CC1CCC(O)C(CN(CCO)Cc2ccccc2)C1. The lowest BCUT2D eigenvalue weighted by Crippen LogP contribution is -2.39. The molecule has 3 unspecified atom stereocenters. The highest BCUT2D eigenvalue weighted by Crippen LogP contribution is 2.29. The van der Waals surface area contributed by atoms with E-state index in [1.54, 1.807) is 0 Å². The number of rotatable bonds is 6. The van der Waals surface area contributed by atoms with Crippen molar-refractivity contribution in [2.24, 2.45) is 11.8 Å². The Labute approximate surface area is 122 Å². The lowest BCUT2D eigenvalue weighted by molar-refractivity contribution is 0.0258. The van der Waals surface area contributed by atoms with Crippen LogP contribution in [0.5, 0.6) is 0 Å². The molecule has 1 aliphatic rings. The van der Waals surface area contributed by atoms with Gasteiger partial charge >= 0.3 is 0 Å². The summed E-state index contributed by atoms with van der Waals surface area (Å²) in [5.41, 5.74) is 1.26. The molecule has 0 saturated heterocycles. The number of benzene rings is 1. The Bertz CT molecular complexity index is 382. The van der Waals surface area contributed by atoms with Crippen LogP contribution >= 0.6 is 0 Å². The van der Waals surface area contributed by atoms with Crippen LogP contribution in [0.2, 0.25) is 0 Å². The third kappa shape index (κ3) is 4.58. The molecule has 0 aliphatic heterocycles. The summed E-state index contributed by atoms with van der Waals surface area (Å²) < 4.78 is 0. The van der Waals surface area contributed by atoms with Gasteiger partial charge < -0.3 is 10.2 Å². The Morgan fingerprint density at radius 3 is 2.65 bits per heavy atom. The Balaban J connectivity index is 1.94. The maximum absolute atomic E-state index is 10.2. The fourth-order valence-electron chi connectivity index (χ4n) is 3.23. The highest BCUT2D eigenvalue weighted by molar-refractivity contribution is 5.14. The van der Waals surface area contributed by atoms with Crippen LogP contribution in [0.1, 0.15) is 31.7 Å². The zero-order valence-corrected chi connectivity index (χ0v) is 12.4. The molecule has 0 radical (unpaired) electrons. The van der Waals surface area contributed by atoms with Crippen molar-refractivity contribution in [1.82, 2.24) is 4.90 Å². The zero-order chi connectivity index (χ0) is 14.4. The molecule has 1 aliphatic carbocycles. The summed E-state index contributed by atoms with van der Waals surface area (Å²) in [5.74, 6) is 1.05. The molecule has 3 atom stereocenters. The average Bonchev–Trinajstić information content (AvgIpc) is 2.44. The molecule has 2 rings (SSSR count). The molecule has 112 valence electrons. The summed E-state index contributed by atoms with van der Waals surface area (Å²) in [6, 6.07) is 10.3. The van der Waals surface area contributed by atoms with Crippen LogP contribution in [0, 0.1) is 11.8 Å². The van der Waals surface area contributed by atoms with E-state index >= 15 is 0 Å². The predicted molar refractivity (Wildman–Crippen MR) is 81.3 cm³/mol. The van der Waals surface area contributed by atoms with Gasteiger partial charge in [-0.05, 0) is 36.7 Å². The van der Waals surface area contributed by atoms with Crippen molar-refractivity contribution in [3.63, 3.8) is 0 Å². The molecule has 0 aromatic heterocycles. The topological polar surface area (TPSA) is 43.7 Å². The summed E-state index contributed by atoms with van der Waals surface area (Å²) in [7, 11) is 0. The van der Waals surface area contributed by atoms with Crippen LogP contribution in [-0.2, 0) is 6.54 Å². The summed E-state index contributed by atoms with van der Waals surface area (Å²) >= 11 is 0. The number of hydrogen-bond donors (Lipinski definition) is 2. The van der Waals surface area contributed by atoms with E-state index in [9.17, 15) is 10.2 Å². The molecule has 3 nitrogen and oxygen atoms in total. The Morgan fingerprint density at radius 1 is 1.20 bits per heavy atom. The quantitative estimate of drug-likeness (QED) is 0.838. The summed E-state index contributed by atoms with van der Waals surface area (Å²) in [5, 5.41) is 19.4. The predicted octanol–water partition coefficient (Wildman–Crippen LogP) is 2.28. The molecular formula is C17H27NO2. The minimum absolute atomic E-state index is 0.172. The molecule has 1 aromatic carbocycles. The normalized spacial score (nSPS) is 26.9. The highest BCUT2D eigenvalue weighted by Gasteiger charge is 2.28. The van der Waals surface area contributed by atoms with Crippen LogP contribution in [0.25, 0.3) is 0 Å². The highest BCUT2D eigenvalue weighted by atomic mass is 16.3. The first kappa shape index (κ1) is 15.5. The first-order valence-electron chi connectivity index (χ1n) is 7.74. The summed E-state index contributed by atoms with van der Waals surface area (Å²) in [6.07, 6.45) is 2.97. The lowest BCUT2D eigenvalue weighted by atomic mass is 9.80. The number of nitrogens with zero attached hydrogens (tertiary/aromatic N) is 1. The van der Waals surface area contributed by atoms with Crippen molar-refractivity contribution >= 4 is 0 Å². The van der Waals surface area contributed by atoms with E-state index in [1.807, 2.05) is 18.2 Å². The minimum Gasteiger partial charge on any atom is -0.395 e. The minimum atomic E-state index is -0.178. The van der Waals surface area contributed by atoms with Crippen LogP contribution in [0.3, 0.4) is 0 Å². The van der Waals surface area contributed by atoms with Gasteiger partial charge in [0.25, 0.3) is 0 Å². The lowest BCUT2D eigenvalue weighted by Gasteiger charge is -2.35. The van der Waals surface area contributed by atoms with Crippen LogP contribution in [-0.4, -0.2) is 40.9 Å². The van der Waals surface area contributed by atoms with Gasteiger partial charge in [0.05, 0.1) is 12.7 Å². The van der Waals surface area contributed by atoms with Gasteiger partial charge in [-0.3, -0.25) is 4.90 Å². The van der Waals surface area contributed by atoms with Crippen LogP contribution < -0.4 is 0 Å². The number of hydrogen-bond acceptors (Lipinski definition) is 3. The van der Waals surface area contributed by atoms with Crippen molar-refractivity contribution in [2.75, 3.05) is 19.7 Å². The Hall–Kier alpha value is -0.900. The van der Waals surface area contributed by atoms with Gasteiger partial charge in [0, 0.05) is 19.6 Å². The largest absolute Gasteiger partial charge is 0.395 e. The standard InChI is InChI=1S/C17H27NO2/c1-14-7-8-17(20)16(11-14)13-18(9-10-19)12-15-5-3-2-4-6-15/h2-6,14,16-17,19-20H,7-13H2,1H3. The van der Waals surface area contributed by atoms with Crippen LogP contribution in [0.4, 0.5) is 0 Å². The van der Waals surface area contributed by atoms with Gasteiger partial charge in [0.2, 0.25) is 0 Å². The molecule has 1 aromatic rings. The maximum Gasteiger partial charge on any atom is 0.0580 e. The van der Waals surface area contributed by atoms with Gasteiger partial charge in [-0.15, -0.1) is 0 Å². The number of aliphatic hydroxyl groups excluding tert-OH is 2. The van der Waals surface area contributed by atoms with Crippen molar-refractivity contribution in [3.05, 3.63) is 35.9 Å². The van der Waals surface area contributed by atoms with Gasteiger partial charge in [-0.1, -0.05) is 37.3 Å². The molecule has 20 heavy (non-hydrogen) atoms. The fourth-order valence-corrected chi connectivity index (χ4v) is 3.23. The summed E-state index contributed by atoms with van der Waals surface area (Å²) in [6.45, 7) is 4.84. The molecule has 2 N–H and O–H groups in total. The smallest absolute Gasteiger partial charge is 0.0580 e. The van der Waals surface area contributed by atoms with E-state index in [1.165, 1.54) is 5.56 Å². The van der Waals surface area contributed by atoms with E-state index in [4.69, 9.17) is 0 Å². The molecule has 0 bridgehead atoms. The van der Waals surface area contributed by atoms with Crippen molar-refractivity contribution in [3.8, 4) is 0 Å². The second-order valence-corrected chi connectivity index (χ2v) is 6.19. The first-order chi connectivity index (χ1) is 9.69. The number of aliphatic hydroxyl groups is 2. The van der Waals surface area contributed by atoms with Gasteiger partial charge in [0.1, 0.15) is 0 Å². The first-order valence-corrected chi connectivity index (χ1v) is 7.74. The van der Waals surface area contributed by atoms with Crippen molar-refractivity contribution in [2.45, 2.75) is 38.8 Å². The van der Waals surface area contributed by atoms with Crippen molar-refractivity contribution < 1.29 is 10.2 Å². The fraction of sp³-hybridized carbons (Fsp3) is 0.647. The van der Waals surface area contributed by atoms with E-state index in [2.05, 4.69) is 24.0 Å². The van der Waals surface area contributed by atoms with E-state index in [0.717, 1.165) is 32.4 Å². The third-order valence-corrected chi connectivity index (χ3v) is 4.36. The molecule has 0 spiro atoms. The molecular weight excluding hydrogens is 250 g/mol. The van der Waals surface area contributed by atoms with Crippen molar-refractivity contribution in [1.29, 1.82) is 0 Å². The van der Waals surface area contributed by atoms with E-state index < -0.39 is 0 Å².